The molecule has 0 bridgehead atoms. The van der Waals surface area contributed by atoms with Gasteiger partial charge in [0.15, 0.2) is 0 Å². The van der Waals surface area contributed by atoms with E-state index in [1.165, 1.54) is 11.1 Å². The van der Waals surface area contributed by atoms with Crippen LogP contribution in [0.4, 0.5) is 0 Å². The molecule has 0 saturated heterocycles. The van der Waals surface area contributed by atoms with Crippen molar-refractivity contribution >= 4 is 5.70 Å². The molecule has 2 aliphatic rings. The van der Waals surface area contributed by atoms with Gasteiger partial charge in [-0.1, -0.05) is 41.5 Å². The molecule has 1 heterocycles. The molecule has 0 spiro atoms. The van der Waals surface area contributed by atoms with Gasteiger partial charge in [0.25, 0.3) is 0 Å². The summed E-state index contributed by atoms with van der Waals surface area (Å²) in [7, 11) is 2.01. The predicted molar refractivity (Wildman–Crippen MR) is 119 cm³/mol. The topological polar surface area (TPSA) is 47.1 Å². The minimum Gasteiger partial charge on any atom is -0.367 e. The molecule has 0 unspecified atom stereocenters. The lowest BCUT2D eigenvalue weighted by Gasteiger charge is -2.38. The number of aromatic nitrogens is 2. The highest BCUT2D eigenvalue weighted by Crippen LogP contribution is 2.29. The standard InChI is InChI=1S/C24H36N4/c1-18-7-9-19(2)21(10-8-18)6-5-15-28(23-13-11-22(25)12-14-23)20(3)24-16-27(4)17-26-24/h7-9,16-17,22-23H,3,5-6,10-15,25H2,1-2,4H3. The monoisotopic (exact) mass is 380 g/mol. The van der Waals surface area contributed by atoms with Crippen LogP contribution in [0.2, 0.25) is 0 Å². The molecule has 0 radical (unpaired) electrons. The van der Waals surface area contributed by atoms with Crippen molar-refractivity contribution in [2.75, 3.05) is 6.54 Å². The minimum atomic E-state index is 0.363. The van der Waals surface area contributed by atoms with Crippen molar-refractivity contribution in [2.45, 2.75) is 70.9 Å². The third kappa shape index (κ3) is 5.26. The van der Waals surface area contributed by atoms with Crippen LogP contribution in [0.25, 0.3) is 5.70 Å². The maximum absolute atomic E-state index is 6.15. The summed E-state index contributed by atoms with van der Waals surface area (Å²) in [6.45, 7) is 9.87. The normalized spacial score (nSPS) is 22.8. The van der Waals surface area contributed by atoms with E-state index in [0.717, 1.165) is 62.9 Å². The highest BCUT2D eigenvalue weighted by Gasteiger charge is 2.26. The number of hydrogen-bond acceptors (Lipinski definition) is 3. The number of nitrogens with zero attached hydrogens (tertiary/aromatic N) is 3. The smallest absolute Gasteiger partial charge is 0.104 e. The number of imidazole rings is 1. The number of aryl methyl sites for hydroxylation is 1. The number of allylic oxidation sites excluding steroid dienone is 6. The average Bonchev–Trinajstić information content (AvgIpc) is 3.05. The van der Waals surface area contributed by atoms with E-state index in [-0.39, 0.29) is 0 Å². The Morgan fingerprint density at radius 1 is 1.25 bits per heavy atom. The summed E-state index contributed by atoms with van der Waals surface area (Å²) < 4.78 is 2.00. The van der Waals surface area contributed by atoms with Gasteiger partial charge in [-0.15, -0.1) is 0 Å². The zero-order valence-corrected chi connectivity index (χ0v) is 17.8. The number of hydrogen-bond donors (Lipinski definition) is 1. The predicted octanol–water partition coefficient (Wildman–Crippen LogP) is 4.97. The Kier molecular flexibility index (Phi) is 6.95. The van der Waals surface area contributed by atoms with Crippen molar-refractivity contribution in [1.82, 2.24) is 14.5 Å². The summed E-state index contributed by atoms with van der Waals surface area (Å²) in [5, 5.41) is 0. The Hall–Kier alpha value is -2.07. The van der Waals surface area contributed by atoms with Crippen LogP contribution in [0.15, 0.2) is 54.1 Å². The molecular weight excluding hydrogens is 344 g/mol. The van der Waals surface area contributed by atoms with Gasteiger partial charge < -0.3 is 15.2 Å². The van der Waals surface area contributed by atoms with Crippen LogP contribution in [0.5, 0.6) is 0 Å². The van der Waals surface area contributed by atoms with Crippen molar-refractivity contribution in [3.8, 4) is 0 Å². The molecule has 1 saturated carbocycles. The molecule has 0 amide bonds. The van der Waals surface area contributed by atoms with Gasteiger partial charge in [0.1, 0.15) is 5.69 Å². The van der Waals surface area contributed by atoms with Gasteiger partial charge in [-0.25, -0.2) is 4.98 Å². The fraction of sp³-hybridized carbons (Fsp3) is 0.542. The Labute approximate surface area is 170 Å². The molecule has 0 aromatic carbocycles. The Morgan fingerprint density at radius 2 is 2.00 bits per heavy atom. The second-order valence-electron chi connectivity index (χ2n) is 8.51. The summed E-state index contributed by atoms with van der Waals surface area (Å²) in [5.41, 5.74) is 12.5. The maximum Gasteiger partial charge on any atom is 0.104 e. The van der Waals surface area contributed by atoms with Crippen LogP contribution in [0.3, 0.4) is 0 Å². The molecule has 1 fully saturated rings. The van der Waals surface area contributed by atoms with Crippen LogP contribution in [-0.2, 0) is 7.05 Å². The van der Waals surface area contributed by atoms with E-state index in [0.29, 0.717) is 12.1 Å². The zero-order chi connectivity index (χ0) is 20.1. The van der Waals surface area contributed by atoms with Crippen LogP contribution < -0.4 is 5.73 Å². The molecule has 4 heteroatoms. The molecule has 0 aliphatic heterocycles. The van der Waals surface area contributed by atoms with E-state index >= 15 is 0 Å². The van der Waals surface area contributed by atoms with E-state index in [1.807, 2.05) is 17.9 Å². The van der Waals surface area contributed by atoms with Crippen LogP contribution >= 0.6 is 0 Å². The first kappa shape index (κ1) is 20.7. The third-order valence-electron chi connectivity index (χ3n) is 6.23. The first-order valence-electron chi connectivity index (χ1n) is 10.7. The highest BCUT2D eigenvalue weighted by molar-refractivity contribution is 5.58. The first-order valence-corrected chi connectivity index (χ1v) is 10.7. The van der Waals surface area contributed by atoms with Gasteiger partial charge >= 0.3 is 0 Å². The second kappa shape index (κ2) is 9.42. The van der Waals surface area contributed by atoms with E-state index in [9.17, 15) is 0 Å². The number of rotatable bonds is 7. The molecule has 4 nitrogen and oxygen atoms in total. The SMILES string of the molecule is C=C(c1cn(C)cn1)N(CCCC1=C(C)C=CC(C)=CC1)C1CCC(N)CC1. The molecule has 0 atom stereocenters. The average molecular weight is 381 g/mol. The van der Waals surface area contributed by atoms with E-state index in [2.05, 4.69) is 54.7 Å². The van der Waals surface area contributed by atoms with E-state index in [1.54, 1.807) is 5.57 Å². The Morgan fingerprint density at radius 3 is 2.68 bits per heavy atom. The fourth-order valence-electron chi connectivity index (χ4n) is 4.31. The quantitative estimate of drug-likeness (QED) is 0.727. The van der Waals surface area contributed by atoms with Crippen LogP contribution in [0.1, 0.15) is 64.5 Å². The summed E-state index contributed by atoms with van der Waals surface area (Å²) in [6, 6.07) is 0.891. The van der Waals surface area contributed by atoms with Gasteiger partial charge in [0, 0.05) is 31.9 Å². The summed E-state index contributed by atoms with van der Waals surface area (Å²) in [4.78, 5) is 7.06. The molecule has 2 N–H and O–H groups in total. The first-order chi connectivity index (χ1) is 13.4. The summed E-state index contributed by atoms with van der Waals surface area (Å²) >= 11 is 0. The molecular formula is C24H36N4. The number of nitrogens with two attached hydrogens (primary N) is 1. The van der Waals surface area contributed by atoms with Crippen molar-refractivity contribution < 1.29 is 0 Å². The molecule has 2 aliphatic carbocycles. The Balaban J connectivity index is 1.67. The van der Waals surface area contributed by atoms with Gasteiger partial charge in [-0.2, -0.15) is 0 Å². The molecule has 1 aromatic heterocycles. The van der Waals surface area contributed by atoms with Gasteiger partial charge in [0.05, 0.1) is 12.0 Å². The zero-order valence-electron chi connectivity index (χ0n) is 17.8. The van der Waals surface area contributed by atoms with Crippen molar-refractivity contribution in [3.05, 3.63) is 59.7 Å². The van der Waals surface area contributed by atoms with Crippen LogP contribution in [-0.4, -0.2) is 33.1 Å². The summed E-state index contributed by atoms with van der Waals surface area (Å²) in [6.07, 6.45) is 18.6. The lowest BCUT2D eigenvalue weighted by Crippen LogP contribution is -2.40. The molecule has 3 rings (SSSR count). The van der Waals surface area contributed by atoms with Crippen molar-refractivity contribution in [2.24, 2.45) is 12.8 Å². The lowest BCUT2D eigenvalue weighted by atomic mass is 9.90. The van der Waals surface area contributed by atoms with Crippen molar-refractivity contribution in [1.29, 1.82) is 0 Å². The highest BCUT2D eigenvalue weighted by atomic mass is 15.2. The third-order valence-corrected chi connectivity index (χ3v) is 6.23. The summed E-state index contributed by atoms with van der Waals surface area (Å²) in [5.74, 6) is 0. The van der Waals surface area contributed by atoms with Gasteiger partial charge in [-0.05, 0) is 58.8 Å². The molecule has 1 aromatic rings. The lowest BCUT2D eigenvalue weighted by molar-refractivity contribution is 0.217. The minimum absolute atomic E-state index is 0.363. The largest absolute Gasteiger partial charge is 0.367 e. The van der Waals surface area contributed by atoms with Crippen LogP contribution in [0, 0.1) is 0 Å². The maximum atomic E-state index is 6.15. The second-order valence-corrected chi connectivity index (χ2v) is 8.51. The molecule has 28 heavy (non-hydrogen) atoms. The van der Waals surface area contributed by atoms with Crippen molar-refractivity contribution in [3.63, 3.8) is 0 Å². The van der Waals surface area contributed by atoms with E-state index < -0.39 is 0 Å². The fourth-order valence-corrected chi connectivity index (χ4v) is 4.31. The molecule has 152 valence electrons. The van der Waals surface area contributed by atoms with Gasteiger partial charge in [0.2, 0.25) is 0 Å². The van der Waals surface area contributed by atoms with Gasteiger partial charge in [-0.3, -0.25) is 0 Å². The van der Waals surface area contributed by atoms with E-state index in [4.69, 9.17) is 5.73 Å². The Bertz CT molecular complexity index is 772.